The van der Waals surface area contributed by atoms with E-state index in [-0.39, 0.29) is 17.9 Å². The average molecular weight is 362 g/mol. The van der Waals surface area contributed by atoms with Crippen molar-refractivity contribution in [3.8, 4) is 0 Å². The molecule has 3 aromatic rings. The Hall–Kier alpha value is -3.41. The normalized spacial score (nSPS) is 12.3. The predicted molar refractivity (Wildman–Crippen MR) is 107 cm³/mol. The highest BCUT2D eigenvalue weighted by atomic mass is 16.2. The molecule has 0 saturated heterocycles. The molecule has 0 fully saturated rings. The monoisotopic (exact) mass is 362 g/mol. The number of carbonyl (C=O) groups is 2. The van der Waals surface area contributed by atoms with Crippen LogP contribution >= 0.6 is 0 Å². The lowest BCUT2D eigenvalue weighted by Gasteiger charge is -2.22. The van der Waals surface area contributed by atoms with Crippen LogP contribution in [0.5, 0.6) is 0 Å². The van der Waals surface area contributed by atoms with Gasteiger partial charge in [-0.2, -0.15) is 0 Å². The molecule has 0 radical (unpaired) electrons. The average Bonchev–Trinajstić information content (AvgIpc) is 3.09. The van der Waals surface area contributed by atoms with Crippen LogP contribution in [0.15, 0.2) is 54.7 Å². The highest BCUT2D eigenvalue weighted by Crippen LogP contribution is 2.23. The fourth-order valence-corrected chi connectivity index (χ4v) is 2.76. The molecule has 3 rings (SSSR count). The zero-order chi connectivity index (χ0) is 19.4. The van der Waals surface area contributed by atoms with E-state index in [9.17, 15) is 9.59 Å². The highest BCUT2D eigenvalue weighted by molar-refractivity contribution is 5.92. The fraction of sp³-hybridized carbons (Fsp3) is 0.190. The molecule has 2 amide bonds. The topological polar surface area (TPSA) is 78.1 Å². The van der Waals surface area contributed by atoms with Gasteiger partial charge < -0.3 is 15.2 Å². The van der Waals surface area contributed by atoms with E-state index in [1.807, 2.05) is 31.2 Å². The van der Waals surface area contributed by atoms with Gasteiger partial charge in [-0.15, -0.1) is 0 Å². The molecule has 1 aromatic carbocycles. The number of rotatable bonds is 5. The molecule has 0 saturated carbocycles. The maximum atomic E-state index is 12.5. The molecule has 6 nitrogen and oxygen atoms in total. The standard InChI is InChI=1S/C21H22N4O2/c1-14(19-12-17-6-4-5-7-18(17)24-19)25(3)21(27)11-9-16-8-10-20(22-13-16)23-15(2)26/h4-14,24H,1-3H3,(H,22,23,26). The second-order valence-corrected chi connectivity index (χ2v) is 6.43. The van der Waals surface area contributed by atoms with Crippen molar-refractivity contribution in [2.75, 3.05) is 12.4 Å². The van der Waals surface area contributed by atoms with E-state index in [0.717, 1.165) is 22.2 Å². The number of carbonyl (C=O) groups excluding carboxylic acids is 2. The first kappa shape index (κ1) is 18.4. The van der Waals surface area contributed by atoms with Gasteiger partial charge in [0.1, 0.15) is 5.82 Å². The van der Waals surface area contributed by atoms with E-state index in [4.69, 9.17) is 0 Å². The maximum Gasteiger partial charge on any atom is 0.246 e. The first-order chi connectivity index (χ1) is 12.9. The Balaban J connectivity index is 1.67. The molecule has 0 aliphatic rings. The van der Waals surface area contributed by atoms with Crippen LogP contribution in [0.25, 0.3) is 17.0 Å². The van der Waals surface area contributed by atoms with Gasteiger partial charge in [-0.25, -0.2) is 4.98 Å². The van der Waals surface area contributed by atoms with Crippen molar-refractivity contribution in [2.24, 2.45) is 0 Å². The summed E-state index contributed by atoms with van der Waals surface area (Å²) in [6.45, 7) is 3.42. The van der Waals surface area contributed by atoms with Crippen molar-refractivity contribution in [3.05, 3.63) is 66.0 Å². The van der Waals surface area contributed by atoms with Crippen molar-refractivity contribution in [3.63, 3.8) is 0 Å². The summed E-state index contributed by atoms with van der Waals surface area (Å²) in [6, 6.07) is 13.5. The number of aromatic amines is 1. The van der Waals surface area contributed by atoms with E-state index in [0.29, 0.717) is 5.82 Å². The Labute approximate surface area is 157 Å². The van der Waals surface area contributed by atoms with Gasteiger partial charge in [-0.3, -0.25) is 9.59 Å². The van der Waals surface area contributed by atoms with Crippen LogP contribution in [-0.2, 0) is 9.59 Å². The summed E-state index contributed by atoms with van der Waals surface area (Å²) in [5, 5.41) is 3.73. The summed E-state index contributed by atoms with van der Waals surface area (Å²) in [4.78, 5) is 32.7. The van der Waals surface area contributed by atoms with E-state index >= 15 is 0 Å². The van der Waals surface area contributed by atoms with E-state index in [2.05, 4.69) is 21.4 Å². The van der Waals surface area contributed by atoms with Crippen molar-refractivity contribution in [1.82, 2.24) is 14.9 Å². The van der Waals surface area contributed by atoms with E-state index < -0.39 is 0 Å². The smallest absolute Gasteiger partial charge is 0.246 e. The minimum Gasteiger partial charge on any atom is -0.357 e. The minimum absolute atomic E-state index is 0.0881. The molecule has 1 atom stereocenters. The summed E-state index contributed by atoms with van der Waals surface area (Å²) in [7, 11) is 1.78. The van der Waals surface area contributed by atoms with Crippen LogP contribution in [-0.4, -0.2) is 33.7 Å². The fourth-order valence-electron chi connectivity index (χ4n) is 2.76. The van der Waals surface area contributed by atoms with Gasteiger partial charge in [-0.05, 0) is 48.2 Å². The van der Waals surface area contributed by atoms with Gasteiger partial charge in [-0.1, -0.05) is 18.2 Å². The number of likely N-dealkylation sites (N-methyl/N-ethyl adjacent to an activating group) is 1. The largest absolute Gasteiger partial charge is 0.357 e. The third-order valence-electron chi connectivity index (χ3n) is 4.44. The quantitative estimate of drug-likeness (QED) is 0.679. The summed E-state index contributed by atoms with van der Waals surface area (Å²) >= 11 is 0. The van der Waals surface area contributed by atoms with Gasteiger partial charge in [0, 0.05) is 37.5 Å². The number of amides is 2. The summed E-state index contributed by atoms with van der Waals surface area (Å²) < 4.78 is 0. The Morgan fingerprint density at radius 2 is 2.00 bits per heavy atom. The number of fused-ring (bicyclic) bond motifs is 1. The number of anilines is 1. The third-order valence-corrected chi connectivity index (χ3v) is 4.44. The van der Waals surface area contributed by atoms with Crippen LogP contribution in [0.1, 0.15) is 31.1 Å². The molecule has 2 heterocycles. The van der Waals surface area contributed by atoms with Gasteiger partial charge in [0.2, 0.25) is 11.8 Å². The number of nitrogens with one attached hydrogen (secondary N) is 2. The lowest BCUT2D eigenvalue weighted by Crippen LogP contribution is -2.28. The van der Waals surface area contributed by atoms with Crippen LogP contribution in [0.2, 0.25) is 0 Å². The van der Waals surface area contributed by atoms with Gasteiger partial charge in [0.05, 0.1) is 6.04 Å². The number of hydrogen-bond donors (Lipinski definition) is 2. The Kier molecular flexibility index (Phi) is 5.35. The predicted octanol–water partition coefficient (Wildman–Crippen LogP) is 3.75. The summed E-state index contributed by atoms with van der Waals surface area (Å²) in [6.07, 6.45) is 4.84. The van der Waals surface area contributed by atoms with Crippen molar-refractivity contribution in [2.45, 2.75) is 19.9 Å². The van der Waals surface area contributed by atoms with Crippen molar-refractivity contribution < 1.29 is 9.59 Å². The molecule has 0 aliphatic carbocycles. The zero-order valence-electron chi connectivity index (χ0n) is 15.6. The maximum absolute atomic E-state index is 12.5. The molecular formula is C21H22N4O2. The number of aromatic nitrogens is 2. The zero-order valence-corrected chi connectivity index (χ0v) is 15.6. The van der Waals surface area contributed by atoms with Crippen molar-refractivity contribution in [1.29, 1.82) is 0 Å². The third kappa shape index (κ3) is 4.41. The van der Waals surface area contributed by atoms with E-state index in [1.165, 1.54) is 13.0 Å². The van der Waals surface area contributed by atoms with Gasteiger partial charge in [0.15, 0.2) is 0 Å². The molecule has 6 heteroatoms. The van der Waals surface area contributed by atoms with E-state index in [1.54, 1.807) is 36.4 Å². The number of pyridine rings is 1. The van der Waals surface area contributed by atoms with Gasteiger partial charge >= 0.3 is 0 Å². The van der Waals surface area contributed by atoms with Crippen LogP contribution in [0, 0.1) is 0 Å². The van der Waals surface area contributed by atoms with Crippen molar-refractivity contribution >= 4 is 34.6 Å². The minimum atomic E-state index is -0.173. The number of H-pyrrole nitrogens is 1. The highest BCUT2D eigenvalue weighted by Gasteiger charge is 2.17. The Morgan fingerprint density at radius 1 is 1.22 bits per heavy atom. The molecule has 27 heavy (non-hydrogen) atoms. The molecule has 0 spiro atoms. The second-order valence-electron chi connectivity index (χ2n) is 6.43. The Bertz CT molecular complexity index is 956. The number of para-hydroxylation sites is 1. The lowest BCUT2D eigenvalue weighted by atomic mass is 10.2. The first-order valence-corrected chi connectivity index (χ1v) is 8.70. The van der Waals surface area contributed by atoms with Crippen LogP contribution in [0.3, 0.4) is 0 Å². The van der Waals surface area contributed by atoms with Gasteiger partial charge in [0.25, 0.3) is 0 Å². The Morgan fingerprint density at radius 3 is 2.67 bits per heavy atom. The molecule has 0 bridgehead atoms. The molecule has 0 aliphatic heterocycles. The summed E-state index contributed by atoms with van der Waals surface area (Å²) in [5.74, 6) is 0.205. The lowest BCUT2D eigenvalue weighted by molar-refractivity contribution is -0.126. The SMILES string of the molecule is CC(=O)Nc1ccc(C=CC(=O)N(C)C(C)c2cc3ccccc3[nH]2)cn1. The van der Waals surface area contributed by atoms with Crippen LogP contribution < -0.4 is 5.32 Å². The molecule has 2 N–H and O–H groups in total. The summed E-state index contributed by atoms with van der Waals surface area (Å²) in [5.41, 5.74) is 2.83. The molecule has 2 aromatic heterocycles. The molecule has 138 valence electrons. The number of benzene rings is 1. The number of nitrogens with zero attached hydrogens (tertiary/aromatic N) is 2. The molecule has 1 unspecified atom stereocenters. The molecular weight excluding hydrogens is 340 g/mol. The second kappa shape index (κ2) is 7.86. The van der Waals surface area contributed by atoms with Crippen LogP contribution in [0.4, 0.5) is 5.82 Å². The number of hydrogen-bond acceptors (Lipinski definition) is 3. The first-order valence-electron chi connectivity index (χ1n) is 8.70.